The van der Waals surface area contributed by atoms with Crippen LogP contribution >= 0.6 is 0 Å². The van der Waals surface area contributed by atoms with Gasteiger partial charge in [0.25, 0.3) is 5.69 Å². The fraction of sp³-hybridized carbons (Fsp3) is 0. The first-order chi connectivity index (χ1) is 9.65. The third kappa shape index (κ3) is 2.03. The SMILES string of the molecule is O=[N+]([O-])c1ccc(Oc2ncnc3cccn23)c(F)c1. The molecule has 8 heteroatoms. The molecule has 0 spiro atoms. The summed E-state index contributed by atoms with van der Waals surface area (Å²) in [6.07, 6.45) is 2.95. The van der Waals surface area contributed by atoms with E-state index in [0.29, 0.717) is 5.65 Å². The van der Waals surface area contributed by atoms with Crippen LogP contribution < -0.4 is 4.74 Å². The van der Waals surface area contributed by atoms with Gasteiger partial charge in [-0.2, -0.15) is 4.98 Å². The summed E-state index contributed by atoms with van der Waals surface area (Å²) < 4.78 is 20.6. The van der Waals surface area contributed by atoms with Gasteiger partial charge in [0, 0.05) is 12.3 Å². The Kier molecular flexibility index (Phi) is 2.75. The number of nitro groups is 1. The number of hydrogen-bond acceptors (Lipinski definition) is 5. The van der Waals surface area contributed by atoms with Gasteiger partial charge in [-0.15, -0.1) is 0 Å². The first-order valence-electron chi connectivity index (χ1n) is 5.55. The Balaban J connectivity index is 1.99. The van der Waals surface area contributed by atoms with Crippen LogP contribution in [0.15, 0.2) is 42.9 Å². The highest BCUT2D eigenvalue weighted by Gasteiger charge is 2.14. The van der Waals surface area contributed by atoms with Crippen molar-refractivity contribution < 1.29 is 14.1 Å². The lowest BCUT2D eigenvalue weighted by atomic mass is 10.3. The molecule has 0 aliphatic heterocycles. The Morgan fingerprint density at radius 2 is 2.15 bits per heavy atom. The number of hydrogen-bond donors (Lipinski definition) is 0. The molecule has 0 unspecified atom stereocenters. The molecule has 100 valence electrons. The van der Waals surface area contributed by atoms with Crippen LogP contribution in [0.5, 0.6) is 11.8 Å². The van der Waals surface area contributed by atoms with Crippen molar-refractivity contribution in [3.8, 4) is 11.8 Å². The second kappa shape index (κ2) is 4.57. The van der Waals surface area contributed by atoms with E-state index in [-0.39, 0.29) is 17.4 Å². The molecule has 0 radical (unpaired) electrons. The molecule has 0 aliphatic carbocycles. The molecule has 2 aromatic heterocycles. The fourth-order valence-electron chi connectivity index (χ4n) is 1.70. The van der Waals surface area contributed by atoms with Crippen molar-refractivity contribution in [1.82, 2.24) is 14.4 Å². The smallest absolute Gasteiger partial charge is 0.309 e. The molecule has 3 rings (SSSR count). The molecule has 1 aromatic carbocycles. The highest BCUT2D eigenvalue weighted by molar-refractivity contribution is 5.42. The van der Waals surface area contributed by atoms with E-state index < -0.39 is 10.7 Å². The minimum atomic E-state index is -0.835. The maximum absolute atomic E-state index is 13.7. The molecule has 0 saturated carbocycles. The average Bonchev–Trinajstić information content (AvgIpc) is 2.90. The standard InChI is InChI=1S/C12H7FN4O3/c13-9-6-8(17(18)19)3-4-10(9)20-12-15-7-14-11-2-1-5-16(11)12/h1-7H. The second-order valence-corrected chi connectivity index (χ2v) is 3.87. The molecule has 0 bridgehead atoms. The van der Waals surface area contributed by atoms with E-state index in [1.165, 1.54) is 16.8 Å². The molecular weight excluding hydrogens is 267 g/mol. The number of benzene rings is 1. The van der Waals surface area contributed by atoms with Crippen LogP contribution in [-0.2, 0) is 0 Å². The maximum Gasteiger partial charge on any atom is 0.309 e. The maximum atomic E-state index is 13.7. The van der Waals surface area contributed by atoms with Crippen LogP contribution in [0.3, 0.4) is 0 Å². The molecule has 3 aromatic rings. The number of ether oxygens (including phenoxy) is 1. The predicted octanol–water partition coefficient (Wildman–Crippen LogP) is 2.57. The topological polar surface area (TPSA) is 82.6 Å². The molecule has 0 N–H and O–H groups in total. The third-order valence-corrected chi connectivity index (χ3v) is 2.62. The van der Waals surface area contributed by atoms with Crippen LogP contribution in [0.4, 0.5) is 10.1 Å². The summed E-state index contributed by atoms with van der Waals surface area (Å²) in [7, 11) is 0. The van der Waals surface area contributed by atoms with E-state index in [2.05, 4.69) is 9.97 Å². The summed E-state index contributed by atoms with van der Waals surface area (Å²) in [4.78, 5) is 17.8. The van der Waals surface area contributed by atoms with Gasteiger partial charge in [-0.05, 0) is 18.2 Å². The van der Waals surface area contributed by atoms with E-state index >= 15 is 0 Å². The monoisotopic (exact) mass is 274 g/mol. The number of nitro benzene ring substituents is 1. The summed E-state index contributed by atoms with van der Waals surface area (Å²) in [6.45, 7) is 0. The normalized spacial score (nSPS) is 10.7. The lowest BCUT2D eigenvalue weighted by Crippen LogP contribution is -1.99. The van der Waals surface area contributed by atoms with Crippen molar-refractivity contribution in [2.24, 2.45) is 0 Å². The number of halogens is 1. The number of fused-ring (bicyclic) bond motifs is 1. The Morgan fingerprint density at radius 1 is 1.30 bits per heavy atom. The van der Waals surface area contributed by atoms with Crippen LogP contribution in [0.25, 0.3) is 5.65 Å². The highest BCUT2D eigenvalue weighted by Crippen LogP contribution is 2.26. The summed E-state index contributed by atoms with van der Waals surface area (Å²) >= 11 is 0. The number of nitrogens with zero attached hydrogens (tertiary/aromatic N) is 4. The van der Waals surface area contributed by atoms with Crippen molar-refractivity contribution in [2.45, 2.75) is 0 Å². The van der Waals surface area contributed by atoms with Crippen molar-refractivity contribution >= 4 is 11.3 Å². The Hall–Kier alpha value is -3.03. The Bertz CT molecular complexity index is 802. The summed E-state index contributed by atoms with van der Waals surface area (Å²) in [5, 5.41) is 10.5. The van der Waals surface area contributed by atoms with E-state index in [0.717, 1.165) is 12.1 Å². The Morgan fingerprint density at radius 3 is 2.90 bits per heavy atom. The van der Waals surface area contributed by atoms with Crippen molar-refractivity contribution in [3.05, 3.63) is 58.8 Å². The largest absolute Gasteiger partial charge is 0.422 e. The van der Waals surface area contributed by atoms with E-state index in [1.807, 2.05) is 0 Å². The lowest BCUT2D eigenvalue weighted by Gasteiger charge is -2.07. The lowest BCUT2D eigenvalue weighted by molar-refractivity contribution is -0.385. The van der Waals surface area contributed by atoms with Gasteiger partial charge >= 0.3 is 6.01 Å². The zero-order valence-corrected chi connectivity index (χ0v) is 9.93. The molecule has 2 heterocycles. The van der Waals surface area contributed by atoms with Gasteiger partial charge in [0.2, 0.25) is 0 Å². The zero-order valence-electron chi connectivity index (χ0n) is 9.93. The van der Waals surface area contributed by atoms with Gasteiger partial charge in [-0.3, -0.25) is 14.5 Å². The minimum absolute atomic E-state index is 0.118. The van der Waals surface area contributed by atoms with Gasteiger partial charge in [-0.25, -0.2) is 9.37 Å². The van der Waals surface area contributed by atoms with E-state index in [9.17, 15) is 14.5 Å². The molecule has 0 saturated heterocycles. The fourth-order valence-corrected chi connectivity index (χ4v) is 1.70. The molecule has 0 aliphatic rings. The molecule has 0 amide bonds. The second-order valence-electron chi connectivity index (χ2n) is 3.87. The average molecular weight is 274 g/mol. The quantitative estimate of drug-likeness (QED) is 0.541. The molecular formula is C12H7FN4O3. The van der Waals surface area contributed by atoms with Gasteiger partial charge in [-0.1, -0.05) is 0 Å². The van der Waals surface area contributed by atoms with Crippen molar-refractivity contribution in [2.75, 3.05) is 0 Å². The third-order valence-electron chi connectivity index (χ3n) is 2.62. The van der Waals surface area contributed by atoms with Crippen LogP contribution in [0, 0.1) is 15.9 Å². The van der Waals surface area contributed by atoms with Crippen LogP contribution in [0.2, 0.25) is 0 Å². The van der Waals surface area contributed by atoms with Gasteiger partial charge in [0.15, 0.2) is 11.6 Å². The minimum Gasteiger partial charge on any atom is -0.422 e. The molecule has 0 atom stereocenters. The first kappa shape index (κ1) is 12.0. The highest BCUT2D eigenvalue weighted by atomic mass is 19.1. The van der Waals surface area contributed by atoms with Crippen molar-refractivity contribution in [3.63, 3.8) is 0 Å². The van der Waals surface area contributed by atoms with Gasteiger partial charge < -0.3 is 4.74 Å². The van der Waals surface area contributed by atoms with Gasteiger partial charge in [0.05, 0.1) is 11.0 Å². The van der Waals surface area contributed by atoms with Gasteiger partial charge in [0.1, 0.15) is 12.0 Å². The van der Waals surface area contributed by atoms with E-state index in [4.69, 9.17) is 4.74 Å². The first-order valence-corrected chi connectivity index (χ1v) is 5.55. The Labute approximate surface area is 111 Å². The summed E-state index contributed by atoms with van der Waals surface area (Å²) in [6, 6.07) is 6.73. The molecule has 7 nitrogen and oxygen atoms in total. The van der Waals surface area contributed by atoms with Crippen molar-refractivity contribution in [1.29, 1.82) is 0 Å². The zero-order chi connectivity index (χ0) is 14.1. The van der Waals surface area contributed by atoms with Crippen LogP contribution in [0.1, 0.15) is 0 Å². The number of non-ortho nitro benzene ring substituents is 1. The molecule has 0 fully saturated rings. The number of aromatic nitrogens is 3. The van der Waals surface area contributed by atoms with E-state index in [1.54, 1.807) is 18.3 Å². The molecule has 20 heavy (non-hydrogen) atoms. The predicted molar refractivity (Wildman–Crippen MR) is 66.1 cm³/mol. The number of rotatable bonds is 3. The summed E-state index contributed by atoms with van der Waals surface area (Å²) in [5.74, 6) is -0.984. The van der Waals surface area contributed by atoms with Crippen LogP contribution in [-0.4, -0.2) is 19.3 Å². The summed E-state index contributed by atoms with van der Waals surface area (Å²) in [5.41, 5.74) is 0.251.